The van der Waals surface area contributed by atoms with E-state index < -0.39 is 6.10 Å². The maximum Gasteiger partial charge on any atom is 0.130 e. The minimum atomic E-state index is -0.508. The Balaban J connectivity index is 2.78. The summed E-state index contributed by atoms with van der Waals surface area (Å²) in [6.45, 7) is 4.20. The molecular weight excluding hydrogens is 180 g/mol. The van der Waals surface area contributed by atoms with Gasteiger partial charge in [-0.05, 0) is 13.8 Å². The van der Waals surface area contributed by atoms with Crippen molar-refractivity contribution >= 4 is 0 Å². The highest BCUT2D eigenvalue weighted by Gasteiger charge is 2.07. The number of methoxy groups -OCH3 is 1. The molecule has 0 aromatic carbocycles. The number of aliphatic hydroxyl groups is 1. The van der Waals surface area contributed by atoms with Crippen molar-refractivity contribution in [1.82, 2.24) is 9.97 Å². The number of rotatable bonds is 4. The predicted molar refractivity (Wildman–Crippen MR) is 53.0 cm³/mol. The normalized spacial score (nSPS) is 12.9. The lowest BCUT2D eigenvalue weighted by molar-refractivity contribution is 0.195. The Bertz CT molecular complexity index is 300. The van der Waals surface area contributed by atoms with E-state index in [-0.39, 0.29) is 0 Å². The molecule has 78 valence electrons. The molecule has 1 atom stereocenters. The summed E-state index contributed by atoms with van der Waals surface area (Å²) in [7, 11) is 1.65. The van der Waals surface area contributed by atoms with E-state index in [0.29, 0.717) is 13.0 Å². The summed E-state index contributed by atoms with van der Waals surface area (Å²) < 4.78 is 4.93. The number of nitrogens with zero attached hydrogens (tertiary/aromatic N) is 2. The maximum absolute atomic E-state index is 9.37. The standard InChI is InChI=1S/C10H16N2O2/c1-7-9(8(2)13)6-11-10(12-7)4-5-14-3/h6,8,13H,4-5H2,1-3H3/t8-/m0/s1. The van der Waals surface area contributed by atoms with Crippen LogP contribution in [0.5, 0.6) is 0 Å². The van der Waals surface area contributed by atoms with Crippen molar-refractivity contribution in [2.45, 2.75) is 26.4 Å². The van der Waals surface area contributed by atoms with Crippen LogP contribution < -0.4 is 0 Å². The van der Waals surface area contributed by atoms with E-state index in [4.69, 9.17) is 4.74 Å². The Hall–Kier alpha value is -1.00. The van der Waals surface area contributed by atoms with Crippen LogP contribution in [0.4, 0.5) is 0 Å². The van der Waals surface area contributed by atoms with Crippen LogP contribution in [0.25, 0.3) is 0 Å². The highest BCUT2D eigenvalue weighted by molar-refractivity contribution is 5.18. The SMILES string of the molecule is COCCc1ncc([C@H](C)O)c(C)n1. The van der Waals surface area contributed by atoms with E-state index in [1.54, 1.807) is 20.2 Å². The molecule has 0 bridgehead atoms. The molecule has 0 saturated heterocycles. The zero-order valence-electron chi connectivity index (χ0n) is 8.82. The zero-order chi connectivity index (χ0) is 10.6. The van der Waals surface area contributed by atoms with Crippen molar-refractivity contribution < 1.29 is 9.84 Å². The van der Waals surface area contributed by atoms with E-state index in [0.717, 1.165) is 17.1 Å². The molecule has 0 aliphatic heterocycles. The van der Waals surface area contributed by atoms with Gasteiger partial charge in [-0.15, -0.1) is 0 Å². The first kappa shape index (κ1) is 11.1. The lowest BCUT2D eigenvalue weighted by Crippen LogP contribution is -2.05. The largest absolute Gasteiger partial charge is 0.389 e. The van der Waals surface area contributed by atoms with Crippen LogP contribution in [0.2, 0.25) is 0 Å². The third-order valence-corrected chi connectivity index (χ3v) is 2.05. The molecule has 0 aliphatic rings. The Morgan fingerprint density at radius 2 is 2.29 bits per heavy atom. The molecule has 1 rings (SSSR count). The fraction of sp³-hybridized carbons (Fsp3) is 0.600. The summed E-state index contributed by atoms with van der Waals surface area (Å²) in [5.41, 5.74) is 1.62. The molecule has 1 aromatic heterocycles. The molecule has 4 heteroatoms. The first-order chi connectivity index (χ1) is 6.65. The highest BCUT2D eigenvalue weighted by Crippen LogP contribution is 2.13. The lowest BCUT2D eigenvalue weighted by Gasteiger charge is -2.08. The fourth-order valence-corrected chi connectivity index (χ4v) is 1.25. The monoisotopic (exact) mass is 196 g/mol. The van der Waals surface area contributed by atoms with E-state index in [1.807, 2.05) is 6.92 Å². The van der Waals surface area contributed by atoms with Gasteiger partial charge in [0.1, 0.15) is 5.82 Å². The molecule has 0 aliphatic carbocycles. The third kappa shape index (κ3) is 2.75. The van der Waals surface area contributed by atoms with Crippen LogP contribution in [0, 0.1) is 6.92 Å². The van der Waals surface area contributed by atoms with Crippen molar-refractivity contribution in [1.29, 1.82) is 0 Å². The second-order valence-electron chi connectivity index (χ2n) is 3.25. The quantitative estimate of drug-likeness (QED) is 0.781. The number of hydrogen-bond acceptors (Lipinski definition) is 4. The predicted octanol–water partition coefficient (Wildman–Crippen LogP) is 1.03. The van der Waals surface area contributed by atoms with Gasteiger partial charge in [-0.3, -0.25) is 0 Å². The van der Waals surface area contributed by atoms with Gasteiger partial charge >= 0.3 is 0 Å². The topological polar surface area (TPSA) is 55.2 Å². The Labute approximate surface area is 84.0 Å². The number of aryl methyl sites for hydroxylation is 1. The average molecular weight is 196 g/mol. The summed E-state index contributed by atoms with van der Waals surface area (Å²) >= 11 is 0. The number of aromatic nitrogens is 2. The summed E-state index contributed by atoms with van der Waals surface area (Å²) in [5, 5.41) is 9.37. The molecule has 4 nitrogen and oxygen atoms in total. The van der Waals surface area contributed by atoms with Crippen LogP contribution in [-0.4, -0.2) is 28.8 Å². The summed E-state index contributed by atoms with van der Waals surface area (Å²) in [6, 6.07) is 0. The molecule has 0 unspecified atom stereocenters. The van der Waals surface area contributed by atoms with E-state index in [1.165, 1.54) is 0 Å². The molecule has 1 heterocycles. The molecule has 0 radical (unpaired) electrons. The molecule has 1 aromatic rings. The average Bonchev–Trinajstić information content (AvgIpc) is 2.14. The Morgan fingerprint density at radius 3 is 2.79 bits per heavy atom. The minimum Gasteiger partial charge on any atom is -0.389 e. The molecular formula is C10H16N2O2. The van der Waals surface area contributed by atoms with Gasteiger partial charge in [0, 0.05) is 31.0 Å². The van der Waals surface area contributed by atoms with Gasteiger partial charge < -0.3 is 9.84 Å². The van der Waals surface area contributed by atoms with Gasteiger partial charge in [-0.1, -0.05) is 0 Å². The minimum absolute atomic E-state index is 0.508. The van der Waals surface area contributed by atoms with Crippen molar-refractivity contribution in [2.24, 2.45) is 0 Å². The van der Waals surface area contributed by atoms with Crippen molar-refractivity contribution in [3.8, 4) is 0 Å². The third-order valence-electron chi connectivity index (χ3n) is 2.05. The zero-order valence-corrected chi connectivity index (χ0v) is 8.82. The summed E-state index contributed by atoms with van der Waals surface area (Å²) in [5.74, 6) is 0.758. The fourth-order valence-electron chi connectivity index (χ4n) is 1.25. The lowest BCUT2D eigenvalue weighted by atomic mass is 10.1. The van der Waals surface area contributed by atoms with Gasteiger partial charge in [-0.2, -0.15) is 0 Å². The van der Waals surface area contributed by atoms with Gasteiger partial charge in [0.25, 0.3) is 0 Å². The Kier molecular flexibility index (Phi) is 3.98. The first-order valence-electron chi connectivity index (χ1n) is 4.64. The van der Waals surface area contributed by atoms with Gasteiger partial charge in [0.15, 0.2) is 0 Å². The number of ether oxygens (including phenoxy) is 1. The second-order valence-corrected chi connectivity index (χ2v) is 3.25. The van der Waals surface area contributed by atoms with E-state index in [2.05, 4.69) is 9.97 Å². The second kappa shape index (κ2) is 5.02. The molecule has 0 saturated carbocycles. The highest BCUT2D eigenvalue weighted by atomic mass is 16.5. The number of aliphatic hydroxyl groups excluding tert-OH is 1. The van der Waals surface area contributed by atoms with Crippen molar-refractivity contribution in [3.63, 3.8) is 0 Å². The van der Waals surface area contributed by atoms with Gasteiger partial charge in [-0.25, -0.2) is 9.97 Å². The molecule has 1 N–H and O–H groups in total. The van der Waals surface area contributed by atoms with E-state index in [9.17, 15) is 5.11 Å². The van der Waals surface area contributed by atoms with Crippen LogP contribution in [0.15, 0.2) is 6.20 Å². The van der Waals surface area contributed by atoms with Crippen LogP contribution in [0.1, 0.15) is 30.1 Å². The number of hydrogen-bond donors (Lipinski definition) is 1. The Morgan fingerprint density at radius 1 is 1.57 bits per heavy atom. The molecule has 0 amide bonds. The maximum atomic E-state index is 9.37. The van der Waals surface area contributed by atoms with E-state index >= 15 is 0 Å². The van der Waals surface area contributed by atoms with Crippen molar-refractivity contribution in [2.75, 3.05) is 13.7 Å². The van der Waals surface area contributed by atoms with Crippen LogP contribution >= 0.6 is 0 Å². The molecule has 0 spiro atoms. The van der Waals surface area contributed by atoms with Crippen LogP contribution in [0.3, 0.4) is 0 Å². The van der Waals surface area contributed by atoms with Gasteiger partial charge in [0.05, 0.1) is 12.7 Å². The molecule has 0 fully saturated rings. The summed E-state index contributed by atoms with van der Waals surface area (Å²) in [4.78, 5) is 8.43. The first-order valence-corrected chi connectivity index (χ1v) is 4.64. The smallest absolute Gasteiger partial charge is 0.130 e. The summed E-state index contributed by atoms with van der Waals surface area (Å²) in [6.07, 6.45) is 1.88. The van der Waals surface area contributed by atoms with Crippen LogP contribution in [-0.2, 0) is 11.2 Å². The molecule has 14 heavy (non-hydrogen) atoms. The van der Waals surface area contributed by atoms with Crippen molar-refractivity contribution in [3.05, 3.63) is 23.3 Å². The van der Waals surface area contributed by atoms with Gasteiger partial charge in [0.2, 0.25) is 0 Å².